The molecule has 1 aromatic carbocycles. The van der Waals surface area contributed by atoms with Gasteiger partial charge in [-0.1, -0.05) is 17.7 Å². The molecule has 0 bridgehead atoms. The third-order valence-electron chi connectivity index (χ3n) is 5.52. The third kappa shape index (κ3) is 8.21. The second kappa shape index (κ2) is 12.4. The normalized spacial score (nSPS) is 11.1. The van der Waals surface area contributed by atoms with Gasteiger partial charge in [-0.3, -0.25) is 14.3 Å². The molecule has 0 fully saturated rings. The molecule has 3 rings (SSSR count). The molecule has 3 aromatic rings. The summed E-state index contributed by atoms with van der Waals surface area (Å²) >= 11 is 6.15. The van der Waals surface area contributed by atoms with Crippen molar-refractivity contribution in [3.8, 4) is 6.07 Å². The summed E-state index contributed by atoms with van der Waals surface area (Å²) in [6.07, 6.45) is 4.34. The van der Waals surface area contributed by atoms with Gasteiger partial charge in [-0.05, 0) is 62.6 Å². The Morgan fingerprint density at radius 2 is 1.87 bits per heavy atom. The van der Waals surface area contributed by atoms with Crippen molar-refractivity contribution in [3.63, 3.8) is 0 Å². The zero-order valence-corrected chi connectivity index (χ0v) is 22.6. The summed E-state index contributed by atoms with van der Waals surface area (Å²) in [5.74, 6) is -0.426. The van der Waals surface area contributed by atoms with Crippen molar-refractivity contribution in [2.24, 2.45) is 0 Å². The van der Waals surface area contributed by atoms with Crippen LogP contribution in [0.1, 0.15) is 48.6 Å². The molecular formula is C27H31ClN6O4. The van der Waals surface area contributed by atoms with Crippen LogP contribution in [0.15, 0.2) is 47.7 Å². The number of nitriles is 1. The number of ether oxygens (including phenoxy) is 1. The molecular weight excluding hydrogens is 508 g/mol. The lowest BCUT2D eigenvalue weighted by Crippen LogP contribution is -2.33. The number of aromatic nitrogens is 3. The van der Waals surface area contributed by atoms with E-state index in [0.29, 0.717) is 23.7 Å². The number of nitrogens with zero attached hydrogens (tertiary/aromatic N) is 4. The van der Waals surface area contributed by atoms with E-state index in [1.54, 1.807) is 56.0 Å². The standard InChI is InChI=1S/C27H31ClN6O4/c1-18-14-32-34(17-18)10-9-33-8-7-19(13-29)23(25(33)36)12-24(35)30-16-21-11-22(28)6-5-20(21)15-31-26(37)38-27(2,3)4/h5-8,11,14,17H,9-10,12,15-16H2,1-4H3,(H,30,35)(H,31,37). The monoisotopic (exact) mass is 538 g/mol. The van der Waals surface area contributed by atoms with E-state index >= 15 is 0 Å². The van der Waals surface area contributed by atoms with E-state index in [4.69, 9.17) is 16.3 Å². The lowest BCUT2D eigenvalue weighted by molar-refractivity contribution is -0.120. The van der Waals surface area contributed by atoms with Gasteiger partial charge in [-0.15, -0.1) is 0 Å². The summed E-state index contributed by atoms with van der Waals surface area (Å²) in [7, 11) is 0. The van der Waals surface area contributed by atoms with Crippen LogP contribution in [0.2, 0.25) is 5.02 Å². The Kier molecular flexibility index (Phi) is 9.31. The zero-order chi connectivity index (χ0) is 27.9. The molecule has 2 aromatic heterocycles. The molecule has 2 heterocycles. The van der Waals surface area contributed by atoms with Crippen LogP contribution in [0.25, 0.3) is 0 Å². The molecule has 11 heteroatoms. The Morgan fingerprint density at radius 1 is 1.13 bits per heavy atom. The van der Waals surface area contributed by atoms with Crippen molar-refractivity contribution < 1.29 is 14.3 Å². The number of carbonyl (C=O) groups is 2. The summed E-state index contributed by atoms with van der Waals surface area (Å²) in [6.45, 7) is 8.36. The highest BCUT2D eigenvalue weighted by molar-refractivity contribution is 6.30. The predicted molar refractivity (Wildman–Crippen MR) is 142 cm³/mol. The number of aryl methyl sites for hydroxylation is 3. The third-order valence-corrected chi connectivity index (χ3v) is 5.76. The largest absolute Gasteiger partial charge is 0.444 e. The van der Waals surface area contributed by atoms with Crippen LogP contribution in [-0.4, -0.2) is 31.9 Å². The van der Waals surface area contributed by atoms with Crippen molar-refractivity contribution in [3.05, 3.63) is 86.0 Å². The summed E-state index contributed by atoms with van der Waals surface area (Å²) in [5, 5.41) is 19.7. The van der Waals surface area contributed by atoms with E-state index < -0.39 is 23.2 Å². The van der Waals surface area contributed by atoms with Gasteiger partial charge < -0.3 is 19.9 Å². The second-order valence-electron chi connectivity index (χ2n) is 9.82. The fraction of sp³-hybridized carbons (Fsp3) is 0.370. The summed E-state index contributed by atoms with van der Waals surface area (Å²) < 4.78 is 8.46. The molecule has 10 nitrogen and oxygen atoms in total. The van der Waals surface area contributed by atoms with Gasteiger partial charge in [-0.25, -0.2) is 4.79 Å². The van der Waals surface area contributed by atoms with E-state index in [1.165, 1.54) is 10.6 Å². The Bertz CT molecular complexity index is 1410. The van der Waals surface area contributed by atoms with Gasteiger partial charge in [0.25, 0.3) is 5.56 Å². The number of benzene rings is 1. The van der Waals surface area contributed by atoms with E-state index in [0.717, 1.165) is 11.1 Å². The van der Waals surface area contributed by atoms with E-state index in [2.05, 4.69) is 15.7 Å². The number of halogens is 1. The Hall–Kier alpha value is -4.10. The number of hydrogen-bond acceptors (Lipinski definition) is 6. The average Bonchev–Trinajstić information content (AvgIpc) is 3.26. The molecule has 200 valence electrons. The lowest BCUT2D eigenvalue weighted by Gasteiger charge is -2.20. The highest BCUT2D eigenvalue weighted by Gasteiger charge is 2.17. The van der Waals surface area contributed by atoms with Crippen molar-refractivity contribution >= 4 is 23.6 Å². The minimum absolute atomic E-state index is 0.117. The molecule has 0 aliphatic heterocycles. The van der Waals surface area contributed by atoms with Crippen molar-refractivity contribution in [1.82, 2.24) is 25.0 Å². The van der Waals surface area contributed by atoms with Crippen LogP contribution in [-0.2, 0) is 42.1 Å². The molecule has 0 aliphatic rings. The summed E-state index contributed by atoms with van der Waals surface area (Å²) in [5.41, 5.74) is 1.71. The first-order valence-corrected chi connectivity index (χ1v) is 12.5. The first kappa shape index (κ1) is 28.5. The maximum Gasteiger partial charge on any atom is 0.407 e. The molecule has 2 amide bonds. The quantitative estimate of drug-likeness (QED) is 0.429. The van der Waals surface area contributed by atoms with Gasteiger partial charge in [0.2, 0.25) is 5.91 Å². The molecule has 0 saturated carbocycles. The number of pyridine rings is 1. The van der Waals surface area contributed by atoms with Gasteiger partial charge in [-0.2, -0.15) is 10.4 Å². The van der Waals surface area contributed by atoms with E-state index in [9.17, 15) is 19.6 Å². The fourth-order valence-corrected chi connectivity index (χ4v) is 3.90. The number of rotatable bonds is 9. The zero-order valence-electron chi connectivity index (χ0n) is 21.9. The van der Waals surface area contributed by atoms with Crippen molar-refractivity contribution in [2.45, 2.75) is 65.9 Å². The SMILES string of the molecule is Cc1cnn(CCn2ccc(C#N)c(CC(=O)NCc3cc(Cl)ccc3CNC(=O)OC(C)(C)C)c2=O)c1. The smallest absolute Gasteiger partial charge is 0.407 e. The van der Waals surface area contributed by atoms with Gasteiger partial charge >= 0.3 is 6.09 Å². The van der Waals surface area contributed by atoms with Crippen LogP contribution in [0.3, 0.4) is 0 Å². The topological polar surface area (TPSA) is 131 Å². The van der Waals surface area contributed by atoms with E-state index in [1.807, 2.05) is 19.2 Å². The van der Waals surface area contributed by atoms with Crippen LogP contribution in [0.4, 0.5) is 4.79 Å². The number of hydrogen-bond donors (Lipinski definition) is 2. The molecule has 0 radical (unpaired) electrons. The molecule has 0 spiro atoms. The van der Waals surface area contributed by atoms with Gasteiger partial charge in [0.15, 0.2) is 0 Å². The second-order valence-corrected chi connectivity index (χ2v) is 10.3. The molecule has 38 heavy (non-hydrogen) atoms. The average molecular weight is 539 g/mol. The summed E-state index contributed by atoms with van der Waals surface area (Å²) in [4.78, 5) is 37.9. The Labute approximate surface area is 226 Å². The predicted octanol–water partition coefficient (Wildman–Crippen LogP) is 3.46. The highest BCUT2D eigenvalue weighted by atomic mass is 35.5. The molecule has 0 saturated heterocycles. The van der Waals surface area contributed by atoms with Gasteiger partial charge in [0.1, 0.15) is 5.60 Å². The molecule has 0 aliphatic carbocycles. The maximum atomic E-state index is 13.1. The van der Waals surface area contributed by atoms with Crippen molar-refractivity contribution in [2.75, 3.05) is 0 Å². The van der Waals surface area contributed by atoms with E-state index in [-0.39, 0.29) is 30.6 Å². The Balaban J connectivity index is 1.67. The minimum atomic E-state index is -0.628. The molecule has 0 atom stereocenters. The first-order chi connectivity index (χ1) is 17.9. The molecule has 0 unspecified atom stereocenters. The molecule has 2 N–H and O–H groups in total. The lowest BCUT2D eigenvalue weighted by atomic mass is 10.1. The highest BCUT2D eigenvalue weighted by Crippen LogP contribution is 2.17. The summed E-state index contributed by atoms with van der Waals surface area (Å²) in [6, 6.07) is 8.68. The first-order valence-electron chi connectivity index (χ1n) is 12.1. The van der Waals surface area contributed by atoms with Crippen molar-refractivity contribution in [1.29, 1.82) is 5.26 Å². The fourth-order valence-electron chi connectivity index (χ4n) is 3.70. The number of amides is 2. The van der Waals surface area contributed by atoms with Crippen LogP contribution in [0.5, 0.6) is 0 Å². The number of carbonyl (C=O) groups excluding carboxylic acids is 2. The maximum absolute atomic E-state index is 13.1. The van der Waals surface area contributed by atoms with Crippen LogP contribution in [0, 0.1) is 18.3 Å². The number of nitrogens with one attached hydrogen (secondary N) is 2. The minimum Gasteiger partial charge on any atom is -0.444 e. The number of alkyl carbamates (subject to hydrolysis) is 1. The van der Waals surface area contributed by atoms with Gasteiger partial charge in [0.05, 0.1) is 30.8 Å². The van der Waals surface area contributed by atoms with Gasteiger partial charge in [0, 0.05) is 42.6 Å². The van der Waals surface area contributed by atoms with Crippen LogP contribution >= 0.6 is 11.6 Å². The Morgan fingerprint density at radius 3 is 2.53 bits per heavy atom. The van der Waals surface area contributed by atoms with Crippen LogP contribution < -0.4 is 16.2 Å².